The number of H-pyrrole nitrogens is 1. The number of thiophene rings is 1. The van der Waals surface area contributed by atoms with Crippen LogP contribution in [0.3, 0.4) is 0 Å². The first-order chi connectivity index (χ1) is 15.2. The topological polar surface area (TPSA) is 61.5 Å². The van der Waals surface area contributed by atoms with E-state index in [1.807, 2.05) is 24.3 Å². The number of hydrogen-bond donors (Lipinski definition) is 0. The van der Waals surface area contributed by atoms with Crippen molar-refractivity contribution in [2.75, 3.05) is 31.2 Å². The highest BCUT2D eigenvalue weighted by Gasteiger charge is 2.30. The summed E-state index contributed by atoms with van der Waals surface area (Å²) in [6, 6.07) is 7.74. The van der Waals surface area contributed by atoms with Crippen LogP contribution < -0.4 is 15.4 Å². The summed E-state index contributed by atoms with van der Waals surface area (Å²) in [5.41, 5.74) is 4.42. The van der Waals surface area contributed by atoms with Gasteiger partial charge in [0.25, 0.3) is 11.4 Å². The number of morpholine rings is 1. The molecule has 1 aliphatic heterocycles. The molecule has 0 bridgehead atoms. The van der Waals surface area contributed by atoms with Crippen LogP contribution in [0, 0.1) is 0 Å². The Balaban J connectivity index is 1.59. The van der Waals surface area contributed by atoms with E-state index in [9.17, 15) is 4.79 Å². The quantitative estimate of drug-likeness (QED) is 0.421. The Hall–Kier alpha value is -2.29. The molecule has 1 N–H and O–H groups in total. The fourth-order valence-corrected chi connectivity index (χ4v) is 6.18. The Labute approximate surface area is 191 Å². The number of aryl methyl sites for hydroxylation is 1. The zero-order chi connectivity index (χ0) is 20.9. The molecule has 31 heavy (non-hydrogen) atoms. The minimum atomic E-state index is -0.0144. The Morgan fingerprint density at radius 3 is 2.58 bits per heavy atom. The molecule has 8 heteroatoms. The average molecular weight is 498 g/mol. The lowest BCUT2D eigenvalue weighted by atomic mass is 9.90. The number of hydrogen-bond acceptors (Lipinski definition) is 5. The van der Waals surface area contributed by atoms with Gasteiger partial charge in [-0.25, -0.2) is 9.97 Å². The van der Waals surface area contributed by atoms with Crippen LogP contribution in [0.4, 0.5) is 5.82 Å². The van der Waals surface area contributed by atoms with Crippen molar-refractivity contribution in [2.24, 2.45) is 0 Å². The lowest BCUT2D eigenvalue weighted by molar-refractivity contribution is -0.328. The summed E-state index contributed by atoms with van der Waals surface area (Å²) in [7, 11) is 0. The van der Waals surface area contributed by atoms with E-state index in [-0.39, 0.29) is 5.56 Å². The van der Waals surface area contributed by atoms with Crippen LogP contribution >= 0.6 is 27.3 Å². The molecule has 158 valence electrons. The van der Waals surface area contributed by atoms with Crippen molar-refractivity contribution >= 4 is 53.5 Å². The SMILES string of the molecule is O=c1c2sc3[nH+]c(N4CCOCC4)c4c(c3c2ncn1-c1ccc(Br)cc1)CCCC4. The Morgan fingerprint density at radius 1 is 1.06 bits per heavy atom. The maximum Gasteiger partial charge on any atom is 0.279 e. The second-order valence-electron chi connectivity index (χ2n) is 8.12. The number of ether oxygens (including phenoxy) is 1. The monoisotopic (exact) mass is 497 g/mol. The Morgan fingerprint density at radius 2 is 1.81 bits per heavy atom. The van der Waals surface area contributed by atoms with Crippen LogP contribution in [0.5, 0.6) is 0 Å². The highest BCUT2D eigenvalue weighted by molar-refractivity contribution is 9.10. The highest BCUT2D eigenvalue weighted by Crippen LogP contribution is 2.38. The number of fused-ring (bicyclic) bond motifs is 5. The molecular formula is C23H22BrN4O2S+. The van der Waals surface area contributed by atoms with E-state index in [2.05, 4.69) is 25.8 Å². The summed E-state index contributed by atoms with van der Waals surface area (Å²) in [5, 5.41) is 1.15. The van der Waals surface area contributed by atoms with Crippen LogP contribution in [0.15, 0.2) is 39.9 Å². The fourth-order valence-electron chi connectivity index (χ4n) is 4.80. The van der Waals surface area contributed by atoms with Gasteiger partial charge in [0.15, 0.2) is 4.83 Å². The molecule has 0 unspecified atom stereocenters. The maximum absolute atomic E-state index is 13.4. The molecule has 6 nitrogen and oxygen atoms in total. The zero-order valence-corrected chi connectivity index (χ0v) is 19.4. The molecular weight excluding hydrogens is 476 g/mol. The molecule has 0 atom stereocenters. The lowest BCUT2D eigenvalue weighted by Crippen LogP contribution is -2.40. The van der Waals surface area contributed by atoms with Gasteiger partial charge in [0.2, 0.25) is 0 Å². The predicted molar refractivity (Wildman–Crippen MR) is 127 cm³/mol. The minimum absolute atomic E-state index is 0.0144. The molecule has 0 spiro atoms. The van der Waals surface area contributed by atoms with Crippen LogP contribution in [-0.4, -0.2) is 35.9 Å². The molecule has 4 heterocycles. The summed E-state index contributed by atoms with van der Waals surface area (Å²) >= 11 is 4.99. The van der Waals surface area contributed by atoms with Crippen LogP contribution in [0.25, 0.3) is 26.1 Å². The number of nitrogens with zero attached hydrogens (tertiary/aromatic N) is 3. The fraction of sp³-hybridized carbons (Fsp3) is 0.348. The van der Waals surface area contributed by atoms with Crippen molar-refractivity contribution in [2.45, 2.75) is 25.7 Å². The van der Waals surface area contributed by atoms with Gasteiger partial charge in [0.05, 0.1) is 24.3 Å². The van der Waals surface area contributed by atoms with Gasteiger partial charge in [0.1, 0.15) is 29.6 Å². The third kappa shape index (κ3) is 3.20. The predicted octanol–water partition coefficient (Wildman–Crippen LogP) is 3.89. The van der Waals surface area contributed by atoms with E-state index in [0.29, 0.717) is 4.70 Å². The normalized spacial score (nSPS) is 16.7. The van der Waals surface area contributed by atoms with E-state index >= 15 is 0 Å². The van der Waals surface area contributed by atoms with Crippen LogP contribution in [0.2, 0.25) is 0 Å². The number of rotatable bonds is 2. The third-order valence-electron chi connectivity index (χ3n) is 6.32. The van der Waals surface area contributed by atoms with Crippen molar-refractivity contribution in [1.29, 1.82) is 0 Å². The number of nitrogens with one attached hydrogen (secondary N) is 1. The molecule has 1 saturated heterocycles. The van der Waals surface area contributed by atoms with Gasteiger partial charge in [-0.15, -0.1) is 0 Å². The maximum atomic E-state index is 13.4. The van der Waals surface area contributed by atoms with E-state index in [1.165, 1.54) is 41.1 Å². The second kappa shape index (κ2) is 7.69. The van der Waals surface area contributed by atoms with Crippen molar-refractivity contribution < 1.29 is 9.72 Å². The van der Waals surface area contributed by atoms with E-state index < -0.39 is 0 Å². The number of anilines is 1. The molecule has 1 fully saturated rings. The zero-order valence-electron chi connectivity index (χ0n) is 17.0. The van der Waals surface area contributed by atoms with Gasteiger partial charge in [-0.2, -0.15) is 0 Å². The Kier molecular flexibility index (Phi) is 4.81. The summed E-state index contributed by atoms with van der Waals surface area (Å²) in [5.74, 6) is 1.21. The first-order valence-electron chi connectivity index (χ1n) is 10.7. The highest BCUT2D eigenvalue weighted by atomic mass is 79.9. The van der Waals surface area contributed by atoms with Crippen molar-refractivity contribution in [3.8, 4) is 5.69 Å². The van der Waals surface area contributed by atoms with E-state index in [1.54, 1.807) is 10.9 Å². The van der Waals surface area contributed by atoms with Gasteiger partial charge < -0.3 is 4.74 Å². The minimum Gasteiger partial charge on any atom is -0.373 e. The number of benzene rings is 1. The van der Waals surface area contributed by atoms with Gasteiger partial charge in [-0.05, 0) is 55.5 Å². The van der Waals surface area contributed by atoms with Crippen LogP contribution in [0.1, 0.15) is 24.0 Å². The van der Waals surface area contributed by atoms with Crippen molar-refractivity contribution in [3.63, 3.8) is 0 Å². The lowest BCUT2D eigenvalue weighted by Gasteiger charge is -2.25. The first kappa shape index (κ1) is 19.4. The first-order valence-corrected chi connectivity index (χ1v) is 12.3. The number of halogens is 1. The van der Waals surface area contributed by atoms with Crippen molar-refractivity contribution in [3.05, 3.63) is 56.5 Å². The van der Waals surface area contributed by atoms with E-state index in [4.69, 9.17) is 9.72 Å². The molecule has 2 aliphatic rings. The largest absolute Gasteiger partial charge is 0.373 e. The van der Waals surface area contributed by atoms with Gasteiger partial charge in [-0.1, -0.05) is 27.3 Å². The van der Waals surface area contributed by atoms with Crippen molar-refractivity contribution in [1.82, 2.24) is 9.55 Å². The molecule has 6 rings (SSSR count). The van der Waals surface area contributed by atoms with Gasteiger partial charge in [-0.3, -0.25) is 14.3 Å². The summed E-state index contributed by atoms with van der Waals surface area (Å²) in [6.07, 6.45) is 6.17. The van der Waals surface area contributed by atoms with Gasteiger partial charge >= 0.3 is 0 Å². The Bertz CT molecular complexity index is 1360. The number of pyridine rings is 1. The van der Waals surface area contributed by atoms with E-state index in [0.717, 1.165) is 65.0 Å². The standard InChI is InChI=1S/C23H21BrN4O2S/c24-14-5-7-15(8-6-14)28-13-25-19-18-16-3-1-2-4-17(16)21(27-9-11-30-12-10-27)26-22(18)31-20(19)23(28)29/h5-8,13H,1-4,9-12H2/p+1. The molecule has 0 saturated carbocycles. The number of aromatic nitrogens is 3. The van der Waals surface area contributed by atoms with Gasteiger partial charge in [0, 0.05) is 10.0 Å². The second-order valence-corrected chi connectivity index (χ2v) is 10.1. The molecule has 0 amide bonds. The summed E-state index contributed by atoms with van der Waals surface area (Å²) < 4.78 is 8.90. The number of aromatic amines is 1. The molecule has 4 aromatic rings. The summed E-state index contributed by atoms with van der Waals surface area (Å²) in [4.78, 5) is 25.4. The average Bonchev–Trinajstić information content (AvgIpc) is 3.20. The molecule has 3 aromatic heterocycles. The molecule has 1 aromatic carbocycles. The van der Waals surface area contributed by atoms with Crippen LogP contribution in [-0.2, 0) is 17.6 Å². The summed E-state index contributed by atoms with van der Waals surface area (Å²) in [6.45, 7) is 3.31. The molecule has 0 radical (unpaired) electrons. The molecule has 1 aliphatic carbocycles. The smallest absolute Gasteiger partial charge is 0.279 e. The third-order valence-corrected chi connectivity index (χ3v) is 7.93.